The summed E-state index contributed by atoms with van der Waals surface area (Å²) in [6.45, 7) is 1.11. The summed E-state index contributed by atoms with van der Waals surface area (Å²) >= 11 is 1.43. The Morgan fingerprint density at radius 1 is 0.974 bits per heavy atom. The number of rotatable bonds is 9. The molecule has 0 unspecified atom stereocenters. The molecule has 1 saturated carbocycles. The molecule has 2 amide bonds. The molecule has 0 atom stereocenters. The first-order valence-corrected chi connectivity index (χ1v) is 13.9. The Labute approximate surface area is 226 Å². The van der Waals surface area contributed by atoms with Gasteiger partial charge in [0.2, 0.25) is 5.91 Å². The number of fused-ring (bicyclic) bond motifs is 1. The lowest BCUT2D eigenvalue weighted by molar-refractivity contribution is -0.122. The molecule has 5 rings (SSSR count). The van der Waals surface area contributed by atoms with E-state index in [1.165, 1.54) is 11.3 Å². The number of nitrogens with two attached hydrogens (primary N) is 1. The highest BCUT2D eigenvalue weighted by Gasteiger charge is 2.34. The Morgan fingerprint density at radius 2 is 1.74 bits per heavy atom. The number of amides is 2. The van der Waals surface area contributed by atoms with Crippen LogP contribution < -0.4 is 21.7 Å². The van der Waals surface area contributed by atoms with E-state index in [2.05, 4.69) is 27.0 Å². The van der Waals surface area contributed by atoms with E-state index in [0.717, 1.165) is 40.6 Å². The normalized spacial score (nSPS) is 19.1. The van der Waals surface area contributed by atoms with Gasteiger partial charge in [-0.3, -0.25) is 14.6 Å². The number of hydrogen-bond donors (Lipinski definition) is 4. The molecule has 4 aromatic rings. The van der Waals surface area contributed by atoms with Crippen LogP contribution in [0.1, 0.15) is 52.9 Å². The van der Waals surface area contributed by atoms with Gasteiger partial charge < -0.3 is 21.7 Å². The minimum absolute atomic E-state index is 0.0323. The van der Waals surface area contributed by atoms with Crippen molar-refractivity contribution in [2.75, 3.05) is 5.32 Å². The summed E-state index contributed by atoms with van der Waals surface area (Å²) in [7, 11) is 0. The molecule has 0 saturated heterocycles. The van der Waals surface area contributed by atoms with Gasteiger partial charge in [-0.05, 0) is 60.4 Å². The van der Waals surface area contributed by atoms with Crippen molar-refractivity contribution in [1.82, 2.24) is 15.6 Å². The zero-order chi connectivity index (χ0) is 26.4. The smallest absolute Gasteiger partial charge is 0.263 e. The van der Waals surface area contributed by atoms with Crippen LogP contribution in [0.4, 0.5) is 5.69 Å². The molecular formula is C30H33N5O2S. The van der Waals surface area contributed by atoms with Crippen molar-refractivity contribution in [1.29, 1.82) is 0 Å². The van der Waals surface area contributed by atoms with Gasteiger partial charge in [0.1, 0.15) is 4.88 Å². The van der Waals surface area contributed by atoms with Crippen molar-refractivity contribution in [3.05, 3.63) is 94.3 Å². The standard InChI is InChI=1S/C30H33N5O2S/c31-30(18-27(36)34-19-21-6-2-1-3-7-21)14-10-23(11-15-30)35-29(37)28-26(13-17-38-28)33-20-22-12-16-32-25-9-5-4-8-24(22)25/h1-9,12-13,16-17,23,33H,10-11,14-15,18-20,31H2,(H,34,36)(H,35,37). The summed E-state index contributed by atoms with van der Waals surface area (Å²) in [5.74, 6) is -0.104. The lowest BCUT2D eigenvalue weighted by Gasteiger charge is -2.37. The molecule has 0 aliphatic heterocycles. The maximum absolute atomic E-state index is 13.1. The second kappa shape index (κ2) is 11.8. The van der Waals surface area contributed by atoms with Gasteiger partial charge >= 0.3 is 0 Å². The minimum atomic E-state index is -0.537. The predicted molar refractivity (Wildman–Crippen MR) is 153 cm³/mol. The molecule has 2 aromatic carbocycles. The summed E-state index contributed by atoms with van der Waals surface area (Å²) in [6, 6.07) is 21.9. The first-order chi connectivity index (χ1) is 18.5. The van der Waals surface area contributed by atoms with E-state index >= 15 is 0 Å². The quantitative estimate of drug-likeness (QED) is 0.245. The largest absolute Gasteiger partial charge is 0.380 e. The van der Waals surface area contributed by atoms with Crippen LogP contribution >= 0.6 is 11.3 Å². The van der Waals surface area contributed by atoms with Crippen LogP contribution in [0.5, 0.6) is 0 Å². The predicted octanol–water partition coefficient (Wildman–Crippen LogP) is 4.98. The highest BCUT2D eigenvalue weighted by Crippen LogP contribution is 2.30. The number of carbonyl (C=O) groups excluding carboxylic acids is 2. The lowest BCUT2D eigenvalue weighted by Crippen LogP contribution is -2.50. The summed E-state index contributed by atoms with van der Waals surface area (Å²) in [4.78, 5) is 30.7. The van der Waals surface area contributed by atoms with Gasteiger partial charge in [0.15, 0.2) is 0 Å². The van der Waals surface area contributed by atoms with Crippen molar-refractivity contribution < 1.29 is 9.59 Å². The van der Waals surface area contributed by atoms with Crippen LogP contribution in [0, 0.1) is 0 Å². The maximum Gasteiger partial charge on any atom is 0.263 e. The van der Waals surface area contributed by atoms with E-state index in [0.29, 0.717) is 37.2 Å². The second-order valence-electron chi connectivity index (χ2n) is 10.1. The topological polar surface area (TPSA) is 109 Å². The molecular weight excluding hydrogens is 494 g/mol. The average molecular weight is 528 g/mol. The summed E-state index contributed by atoms with van der Waals surface area (Å²) in [5.41, 5.74) is 10.0. The monoisotopic (exact) mass is 527 g/mol. The molecule has 2 heterocycles. The maximum atomic E-state index is 13.1. The number of anilines is 1. The Balaban J connectivity index is 1.11. The Morgan fingerprint density at radius 3 is 2.55 bits per heavy atom. The fourth-order valence-corrected chi connectivity index (χ4v) is 5.84. The number of thiophene rings is 1. The fraction of sp³-hybridized carbons (Fsp3) is 0.300. The molecule has 2 aromatic heterocycles. The van der Waals surface area contributed by atoms with Crippen molar-refractivity contribution in [3.8, 4) is 0 Å². The third-order valence-corrected chi connectivity index (χ3v) is 8.15. The molecule has 0 bridgehead atoms. The van der Waals surface area contributed by atoms with E-state index in [1.807, 2.05) is 72.2 Å². The number of hydrogen-bond acceptors (Lipinski definition) is 6. The van der Waals surface area contributed by atoms with Crippen LogP contribution in [-0.2, 0) is 17.9 Å². The minimum Gasteiger partial charge on any atom is -0.380 e. The number of nitrogens with zero attached hydrogens (tertiary/aromatic N) is 1. The van der Waals surface area contributed by atoms with Crippen molar-refractivity contribution in [3.63, 3.8) is 0 Å². The van der Waals surface area contributed by atoms with Crippen LogP contribution in [0.15, 0.2) is 78.3 Å². The van der Waals surface area contributed by atoms with E-state index in [-0.39, 0.29) is 17.9 Å². The van der Waals surface area contributed by atoms with E-state index in [4.69, 9.17) is 5.73 Å². The first kappa shape index (κ1) is 25.9. The van der Waals surface area contributed by atoms with Gasteiger partial charge in [-0.25, -0.2) is 0 Å². The number of pyridine rings is 1. The Hall–Kier alpha value is -3.75. The van der Waals surface area contributed by atoms with Crippen LogP contribution in [0.25, 0.3) is 10.9 Å². The summed E-state index contributed by atoms with van der Waals surface area (Å²) in [5, 5.41) is 12.6. The molecule has 8 heteroatoms. The molecule has 1 fully saturated rings. The number of nitrogens with one attached hydrogen (secondary N) is 3. The number of benzene rings is 2. The second-order valence-corrected chi connectivity index (χ2v) is 11.0. The van der Waals surface area contributed by atoms with Crippen molar-refractivity contribution in [2.45, 2.75) is 56.8 Å². The molecule has 5 N–H and O–H groups in total. The molecule has 0 spiro atoms. The summed E-state index contributed by atoms with van der Waals surface area (Å²) in [6.07, 6.45) is 5.01. The SMILES string of the molecule is NC1(CC(=O)NCc2ccccc2)CCC(NC(=O)c2sccc2NCc2ccnc3ccccc23)CC1. The van der Waals surface area contributed by atoms with Crippen LogP contribution in [0.3, 0.4) is 0 Å². The lowest BCUT2D eigenvalue weighted by atomic mass is 9.78. The molecule has 38 heavy (non-hydrogen) atoms. The highest BCUT2D eigenvalue weighted by atomic mass is 32.1. The van der Waals surface area contributed by atoms with Crippen molar-refractivity contribution >= 4 is 39.7 Å². The molecule has 196 valence electrons. The third-order valence-electron chi connectivity index (χ3n) is 7.24. The zero-order valence-electron chi connectivity index (χ0n) is 21.3. The Bertz CT molecular complexity index is 1390. The molecule has 7 nitrogen and oxygen atoms in total. The van der Waals surface area contributed by atoms with Gasteiger partial charge in [-0.15, -0.1) is 11.3 Å². The molecule has 0 radical (unpaired) electrons. The first-order valence-electron chi connectivity index (χ1n) is 13.0. The van der Waals surface area contributed by atoms with Gasteiger partial charge in [-0.2, -0.15) is 0 Å². The van der Waals surface area contributed by atoms with Gasteiger partial charge in [0.25, 0.3) is 5.91 Å². The highest BCUT2D eigenvalue weighted by molar-refractivity contribution is 7.12. The number of carbonyl (C=O) groups is 2. The van der Waals surface area contributed by atoms with Crippen LogP contribution in [0.2, 0.25) is 0 Å². The van der Waals surface area contributed by atoms with Crippen LogP contribution in [-0.4, -0.2) is 28.4 Å². The fourth-order valence-electron chi connectivity index (χ4n) is 5.07. The molecule has 1 aliphatic carbocycles. The average Bonchev–Trinajstić information content (AvgIpc) is 3.41. The number of aromatic nitrogens is 1. The number of para-hydroxylation sites is 1. The van der Waals surface area contributed by atoms with Gasteiger partial charge in [-0.1, -0.05) is 48.5 Å². The molecule has 1 aliphatic rings. The van der Waals surface area contributed by atoms with Gasteiger partial charge in [0.05, 0.1) is 11.2 Å². The van der Waals surface area contributed by atoms with Crippen molar-refractivity contribution in [2.24, 2.45) is 5.73 Å². The Kier molecular flexibility index (Phi) is 8.00. The van der Waals surface area contributed by atoms with E-state index in [1.54, 1.807) is 0 Å². The third kappa shape index (κ3) is 6.38. The van der Waals surface area contributed by atoms with Gasteiger partial charge in [0, 0.05) is 42.7 Å². The zero-order valence-corrected chi connectivity index (χ0v) is 22.1. The van der Waals surface area contributed by atoms with E-state index in [9.17, 15) is 9.59 Å². The van der Waals surface area contributed by atoms with E-state index < -0.39 is 5.54 Å². The summed E-state index contributed by atoms with van der Waals surface area (Å²) < 4.78 is 0.